The Bertz CT molecular complexity index is 2270. The minimum atomic E-state index is -0.629. The first kappa shape index (κ1) is 32.9. The molecule has 9 rings (SSSR count). The Hall–Kier alpha value is -4.98. The minimum Gasteiger partial charge on any atom is -0.456 e. The summed E-state index contributed by atoms with van der Waals surface area (Å²) in [6, 6.07) is 12.5. The molecule has 3 saturated heterocycles. The highest BCUT2D eigenvalue weighted by molar-refractivity contribution is 6.07. The number of rotatable bonds is 9. The van der Waals surface area contributed by atoms with Gasteiger partial charge in [-0.05, 0) is 50.6 Å². The van der Waals surface area contributed by atoms with Crippen LogP contribution < -0.4 is 25.7 Å². The number of morpholine rings is 1. The van der Waals surface area contributed by atoms with E-state index in [-0.39, 0.29) is 34.3 Å². The first-order valence-corrected chi connectivity index (χ1v) is 18.3. The number of fused-ring (bicyclic) bond motifs is 5. The number of carbonyl (C=O) groups is 2. The van der Waals surface area contributed by atoms with Crippen LogP contribution >= 0.6 is 0 Å². The topological polar surface area (TPSA) is 122 Å². The summed E-state index contributed by atoms with van der Waals surface area (Å²) in [6.45, 7) is 7.49. The molecule has 270 valence electrons. The number of pyridine rings is 1. The molecule has 0 saturated carbocycles. The summed E-state index contributed by atoms with van der Waals surface area (Å²) in [5.74, 6) is -0.531. The molecule has 0 radical (unpaired) electrons. The lowest BCUT2D eigenvalue weighted by Crippen LogP contribution is -2.42. The molecule has 52 heavy (non-hydrogen) atoms. The van der Waals surface area contributed by atoms with E-state index in [1.165, 1.54) is 25.1 Å². The second-order valence-corrected chi connectivity index (χ2v) is 14.2. The number of para-hydroxylation sites is 1. The molecule has 2 aromatic heterocycles. The van der Waals surface area contributed by atoms with Gasteiger partial charge in [0.2, 0.25) is 11.3 Å². The van der Waals surface area contributed by atoms with Crippen LogP contribution in [0, 0.1) is 5.82 Å². The van der Waals surface area contributed by atoms with E-state index in [1.807, 2.05) is 41.3 Å². The van der Waals surface area contributed by atoms with E-state index in [2.05, 4.69) is 20.4 Å². The lowest BCUT2D eigenvalue weighted by atomic mass is 10.0. The van der Waals surface area contributed by atoms with Crippen molar-refractivity contribution in [2.45, 2.75) is 31.7 Å². The van der Waals surface area contributed by atoms with Gasteiger partial charge < -0.3 is 38.9 Å². The van der Waals surface area contributed by atoms with Crippen LogP contribution in [0.25, 0.3) is 38.5 Å². The van der Waals surface area contributed by atoms with Gasteiger partial charge >= 0.3 is 0 Å². The molecule has 2 amide bonds. The summed E-state index contributed by atoms with van der Waals surface area (Å²) in [4.78, 5) is 46.9. The van der Waals surface area contributed by atoms with Gasteiger partial charge in [-0.25, -0.2) is 4.39 Å². The summed E-state index contributed by atoms with van der Waals surface area (Å²) in [7, 11) is 0. The molecule has 2 N–H and O–H groups in total. The maximum Gasteiger partial charge on any atom is 0.256 e. The lowest BCUT2D eigenvalue weighted by Gasteiger charge is -2.29. The molecule has 6 heterocycles. The van der Waals surface area contributed by atoms with E-state index in [0.717, 1.165) is 43.5 Å². The standard InChI is InChI=1S/C39H41FN6O6/c40-29-19-27-35-38(36(29)45-13-7-24(22-45)42-34(47)8-12-43-10-3-4-11-43)52-33-20-26-25-5-1-2-6-31(25)51-32(26)21-30(33)46(35)23-28(37(27)48)39(49)41-9-14-44-15-17-50-18-16-44/h1-2,5-6,19-21,23-24H,3-4,7-18,22H2,(H,41,49)(H,42,47)/t24-/m1/s1. The minimum absolute atomic E-state index is 0.00908. The maximum absolute atomic E-state index is 16.5. The van der Waals surface area contributed by atoms with E-state index in [9.17, 15) is 14.4 Å². The number of likely N-dealkylation sites (tertiary alicyclic amines) is 1. The second-order valence-electron chi connectivity index (χ2n) is 14.2. The van der Waals surface area contributed by atoms with Gasteiger partial charge in [0.1, 0.15) is 27.9 Å². The van der Waals surface area contributed by atoms with Crippen LogP contribution in [0.3, 0.4) is 0 Å². The van der Waals surface area contributed by atoms with E-state index >= 15 is 4.39 Å². The third-order valence-corrected chi connectivity index (χ3v) is 10.9. The van der Waals surface area contributed by atoms with Crippen LogP contribution in [0.4, 0.5) is 10.1 Å². The molecule has 0 aliphatic carbocycles. The maximum atomic E-state index is 16.5. The Kier molecular flexibility index (Phi) is 8.56. The predicted molar refractivity (Wildman–Crippen MR) is 195 cm³/mol. The van der Waals surface area contributed by atoms with Gasteiger partial charge in [-0.15, -0.1) is 0 Å². The van der Waals surface area contributed by atoms with Crippen molar-refractivity contribution in [2.75, 3.05) is 77.0 Å². The molecule has 4 aliphatic rings. The third kappa shape index (κ3) is 5.96. The van der Waals surface area contributed by atoms with Crippen molar-refractivity contribution in [3.05, 3.63) is 70.3 Å². The fourth-order valence-electron chi connectivity index (χ4n) is 8.17. The smallest absolute Gasteiger partial charge is 0.256 e. The number of nitrogens with one attached hydrogen (secondary N) is 2. The molecule has 1 atom stereocenters. The fourth-order valence-corrected chi connectivity index (χ4v) is 8.17. The van der Waals surface area contributed by atoms with Crippen LogP contribution in [0.5, 0.6) is 11.5 Å². The van der Waals surface area contributed by atoms with Crippen LogP contribution in [-0.4, -0.2) is 104 Å². The van der Waals surface area contributed by atoms with Crippen molar-refractivity contribution in [3.8, 4) is 17.2 Å². The molecule has 5 aromatic rings. The van der Waals surface area contributed by atoms with Crippen molar-refractivity contribution in [1.29, 1.82) is 0 Å². The van der Waals surface area contributed by atoms with Crippen LogP contribution in [0.2, 0.25) is 0 Å². The van der Waals surface area contributed by atoms with Gasteiger partial charge in [0.25, 0.3) is 5.91 Å². The molecular weight excluding hydrogens is 667 g/mol. The average Bonchev–Trinajstić information content (AvgIpc) is 3.92. The number of amides is 2. The summed E-state index contributed by atoms with van der Waals surface area (Å²) in [5.41, 5.74) is 1.80. The van der Waals surface area contributed by atoms with E-state index in [4.69, 9.17) is 13.9 Å². The zero-order chi connectivity index (χ0) is 35.3. The molecule has 3 fully saturated rings. The highest BCUT2D eigenvalue weighted by Crippen LogP contribution is 2.49. The zero-order valence-electron chi connectivity index (χ0n) is 28.9. The molecule has 3 aromatic carbocycles. The lowest BCUT2D eigenvalue weighted by molar-refractivity contribution is -0.121. The number of furan rings is 1. The molecule has 0 unspecified atom stereocenters. The van der Waals surface area contributed by atoms with Gasteiger partial charge in [0.15, 0.2) is 17.3 Å². The highest BCUT2D eigenvalue weighted by Gasteiger charge is 2.34. The fraction of sp³-hybridized carbons (Fsp3) is 0.410. The van der Waals surface area contributed by atoms with Crippen molar-refractivity contribution >= 4 is 50.3 Å². The van der Waals surface area contributed by atoms with Gasteiger partial charge in [0, 0.05) is 81.3 Å². The van der Waals surface area contributed by atoms with Crippen molar-refractivity contribution < 1.29 is 27.9 Å². The third-order valence-electron chi connectivity index (χ3n) is 10.9. The highest BCUT2D eigenvalue weighted by atomic mass is 19.1. The van der Waals surface area contributed by atoms with E-state index in [0.29, 0.717) is 80.4 Å². The van der Waals surface area contributed by atoms with Gasteiger partial charge in [-0.2, -0.15) is 0 Å². The number of hydrogen-bond acceptors (Lipinski definition) is 9. The van der Waals surface area contributed by atoms with Gasteiger partial charge in [-0.3, -0.25) is 19.3 Å². The quantitative estimate of drug-likeness (QED) is 0.226. The molecule has 4 aliphatic heterocycles. The van der Waals surface area contributed by atoms with Crippen molar-refractivity contribution in [3.63, 3.8) is 0 Å². The van der Waals surface area contributed by atoms with Gasteiger partial charge in [-0.1, -0.05) is 18.2 Å². The number of halogens is 1. The molecule has 13 heteroatoms. The van der Waals surface area contributed by atoms with Gasteiger partial charge in [0.05, 0.1) is 24.3 Å². The van der Waals surface area contributed by atoms with E-state index < -0.39 is 17.2 Å². The summed E-state index contributed by atoms with van der Waals surface area (Å²) >= 11 is 0. The summed E-state index contributed by atoms with van der Waals surface area (Å²) in [6.07, 6.45) is 4.95. The zero-order valence-corrected chi connectivity index (χ0v) is 28.9. The first-order valence-electron chi connectivity index (χ1n) is 18.3. The number of anilines is 1. The molecule has 0 bridgehead atoms. The Labute approximate surface area is 299 Å². The Morgan fingerprint density at radius 1 is 0.904 bits per heavy atom. The molecule has 0 spiro atoms. The number of ether oxygens (including phenoxy) is 2. The summed E-state index contributed by atoms with van der Waals surface area (Å²) in [5, 5.41) is 7.82. The average molecular weight is 709 g/mol. The number of hydrogen-bond donors (Lipinski definition) is 2. The number of nitrogens with zero attached hydrogens (tertiary/aromatic N) is 4. The first-order chi connectivity index (χ1) is 25.4. The Morgan fingerprint density at radius 2 is 1.71 bits per heavy atom. The van der Waals surface area contributed by atoms with Crippen LogP contribution in [0.15, 0.2) is 57.9 Å². The van der Waals surface area contributed by atoms with Crippen LogP contribution in [-0.2, 0) is 9.53 Å². The molecule has 12 nitrogen and oxygen atoms in total. The number of benzene rings is 3. The largest absolute Gasteiger partial charge is 0.456 e. The molecular formula is C39H41FN6O6. The Morgan fingerprint density at radius 3 is 2.56 bits per heavy atom. The SMILES string of the molecule is O=C(CCN1CCCC1)N[C@@H]1CCN(c2c(F)cc3c(=O)c(C(=O)NCCN4CCOCC4)cn4c3c2Oc2cc3c(cc2-4)oc2ccccc23)C1. The van der Waals surface area contributed by atoms with Crippen LogP contribution in [0.1, 0.15) is 36.0 Å². The van der Waals surface area contributed by atoms with E-state index in [1.54, 1.807) is 4.57 Å². The van der Waals surface area contributed by atoms with Crippen molar-refractivity contribution in [1.82, 2.24) is 25.0 Å². The predicted octanol–water partition coefficient (Wildman–Crippen LogP) is 4.38. The Balaban J connectivity index is 1.08. The normalized spacial score (nSPS) is 19.0. The monoisotopic (exact) mass is 708 g/mol. The number of aromatic nitrogens is 1. The number of carbonyl (C=O) groups excluding carboxylic acids is 2. The summed E-state index contributed by atoms with van der Waals surface area (Å²) < 4.78 is 36.5. The second kappa shape index (κ2) is 13.5. The van der Waals surface area contributed by atoms with Crippen molar-refractivity contribution in [2.24, 2.45) is 0 Å².